The van der Waals surface area contributed by atoms with Crippen LogP contribution in [0.5, 0.6) is 0 Å². The van der Waals surface area contributed by atoms with Crippen molar-refractivity contribution in [1.29, 1.82) is 0 Å². The van der Waals surface area contributed by atoms with E-state index in [0.717, 1.165) is 18.4 Å². The first-order chi connectivity index (χ1) is 8.10. The molecule has 1 aliphatic rings. The van der Waals surface area contributed by atoms with Crippen molar-refractivity contribution >= 4 is 0 Å². The first-order valence-corrected chi connectivity index (χ1v) is 6.57. The molecule has 0 amide bonds. The van der Waals surface area contributed by atoms with Gasteiger partial charge in [-0.2, -0.15) is 0 Å². The van der Waals surface area contributed by atoms with Crippen molar-refractivity contribution in [3.8, 4) is 0 Å². The van der Waals surface area contributed by atoms with Crippen LogP contribution in [-0.2, 0) is 5.41 Å². The Bertz CT molecular complexity index is 406. The average molecular weight is 235 g/mol. The van der Waals surface area contributed by atoms with Gasteiger partial charge in [0.15, 0.2) is 0 Å². The number of hydrogen-bond donors (Lipinski definition) is 1. The highest BCUT2D eigenvalue weighted by Gasteiger charge is 2.35. The lowest BCUT2D eigenvalue weighted by atomic mass is 9.67. The van der Waals surface area contributed by atoms with Crippen molar-refractivity contribution in [3.05, 3.63) is 34.6 Å². The zero-order valence-electron chi connectivity index (χ0n) is 10.9. The largest absolute Gasteiger partial charge is 0.330 e. The summed E-state index contributed by atoms with van der Waals surface area (Å²) in [5.41, 5.74) is 9.23. The van der Waals surface area contributed by atoms with E-state index in [-0.39, 0.29) is 11.2 Å². The van der Waals surface area contributed by atoms with Crippen LogP contribution >= 0.6 is 0 Å². The van der Waals surface area contributed by atoms with Crippen molar-refractivity contribution in [1.82, 2.24) is 0 Å². The molecule has 1 saturated carbocycles. The van der Waals surface area contributed by atoms with E-state index in [1.807, 2.05) is 13.0 Å². The highest BCUT2D eigenvalue weighted by molar-refractivity contribution is 5.41. The van der Waals surface area contributed by atoms with Gasteiger partial charge in [-0.1, -0.05) is 25.3 Å². The Kier molecular flexibility index (Phi) is 3.53. The number of rotatable bonds is 2. The lowest BCUT2D eigenvalue weighted by Gasteiger charge is -2.39. The second-order valence-corrected chi connectivity index (χ2v) is 5.41. The summed E-state index contributed by atoms with van der Waals surface area (Å²) in [7, 11) is 0. The maximum atomic E-state index is 13.8. The van der Waals surface area contributed by atoms with E-state index in [4.69, 9.17) is 5.73 Å². The van der Waals surface area contributed by atoms with Crippen molar-refractivity contribution in [3.63, 3.8) is 0 Å². The summed E-state index contributed by atoms with van der Waals surface area (Å²) >= 11 is 0. The van der Waals surface area contributed by atoms with Crippen LogP contribution in [0, 0.1) is 19.7 Å². The van der Waals surface area contributed by atoms with Crippen LogP contribution in [-0.4, -0.2) is 6.54 Å². The molecule has 0 aliphatic heterocycles. The van der Waals surface area contributed by atoms with E-state index in [9.17, 15) is 4.39 Å². The predicted octanol–water partition coefficient (Wildman–Crippen LogP) is 3.60. The Balaban J connectivity index is 2.53. The van der Waals surface area contributed by atoms with Gasteiger partial charge in [0.1, 0.15) is 5.82 Å². The molecule has 0 bridgehead atoms. The number of hydrogen-bond acceptors (Lipinski definition) is 1. The Hall–Kier alpha value is -0.890. The second-order valence-electron chi connectivity index (χ2n) is 5.41. The molecular weight excluding hydrogens is 213 g/mol. The maximum Gasteiger partial charge on any atom is 0.126 e. The Morgan fingerprint density at radius 2 is 1.82 bits per heavy atom. The van der Waals surface area contributed by atoms with E-state index in [2.05, 4.69) is 6.92 Å². The molecule has 2 heteroatoms. The maximum absolute atomic E-state index is 13.8. The van der Waals surface area contributed by atoms with Gasteiger partial charge in [-0.05, 0) is 49.4 Å². The highest BCUT2D eigenvalue weighted by atomic mass is 19.1. The Labute approximate surface area is 103 Å². The van der Waals surface area contributed by atoms with Crippen LogP contribution in [0.3, 0.4) is 0 Å². The molecular formula is C15H22FN. The van der Waals surface area contributed by atoms with Gasteiger partial charge >= 0.3 is 0 Å². The first kappa shape index (κ1) is 12.6. The molecule has 0 spiro atoms. The standard InChI is InChI=1S/C15H22FN/c1-11-6-7-13(16)12(2)14(11)15(10-17)8-4-3-5-9-15/h6-7H,3-5,8-10,17H2,1-2H3. The first-order valence-electron chi connectivity index (χ1n) is 6.57. The zero-order chi connectivity index (χ0) is 12.5. The van der Waals surface area contributed by atoms with Crippen LogP contribution in [0.2, 0.25) is 0 Å². The molecule has 0 atom stereocenters. The molecule has 0 heterocycles. The van der Waals surface area contributed by atoms with Crippen LogP contribution in [0.25, 0.3) is 0 Å². The van der Waals surface area contributed by atoms with Gasteiger partial charge in [-0.15, -0.1) is 0 Å². The van der Waals surface area contributed by atoms with Gasteiger partial charge in [0, 0.05) is 12.0 Å². The van der Waals surface area contributed by atoms with E-state index < -0.39 is 0 Å². The lowest BCUT2D eigenvalue weighted by molar-refractivity contribution is 0.297. The Morgan fingerprint density at radius 3 is 2.41 bits per heavy atom. The van der Waals surface area contributed by atoms with Crippen LogP contribution in [0.1, 0.15) is 48.8 Å². The quantitative estimate of drug-likeness (QED) is 0.832. The minimum Gasteiger partial charge on any atom is -0.330 e. The third kappa shape index (κ3) is 2.11. The Morgan fingerprint density at radius 1 is 1.18 bits per heavy atom. The summed E-state index contributed by atoms with van der Waals surface area (Å²) in [6, 6.07) is 3.46. The number of benzene rings is 1. The fourth-order valence-corrected chi connectivity index (χ4v) is 3.42. The van der Waals surface area contributed by atoms with Crippen molar-refractivity contribution < 1.29 is 4.39 Å². The van der Waals surface area contributed by atoms with Crippen LogP contribution in [0.15, 0.2) is 12.1 Å². The fraction of sp³-hybridized carbons (Fsp3) is 0.600. The van der Waals surface area contributed by atoms with E-state index in [1.165, 1.54) is 30.4 Å². The number of aryl methyl sites for hydroxylation is 1. The monoisotopic (exact) mass is 235 g/mol. The van der Waals surface area contributed by atoms with E-state index in [0.29, 0.717) is 6.54 Å². The van der Waals surface area contributed by atoms with E-state index in [1.54, 1.807) is 6.07 Å². The second kappa shape index (κ2) is 4.77. The molecule has 1 fully saturated rings. The summed E-state index contributed by atoms with van der Waals surface area (Å²) in [6.07, 6.45) is 5.93. The molecule has 1 aromatic rings. The minimum atomic E-state index is -0.0935. The lowest BCUT2D eigenvalue weighted by Crippen LogP contribution is -2.38. The van der Waals surface area contributed by atoms with E-state index >= 15 is 0 Å². The fourth-order valence-electron chi connectivity index (χ4n) is 3.42. The topological polar surface area (TPSA) is 26.0 Å². The summed E-state index contributed by atoms with van der Waals surface area (Å²) in [5.74, 6) is -0.0935. The molecule has 0 unspecified atom stereocenters. The molecule has 0 aromatic heterocycles. The van der Waals surface area contributed by atoms with Crippen LogP contribution in [0.4, 0.5) is 4.39 Å². The number of nitrogens with two attached hydrogens (primary N) is 1. The summed E-state index contributed by atoms with van der Waals surface area (Å²) in [4.78, 5) is 0. The van der Waals surface area contributed by atoms with Crippen LogP contribution < -0.4 is 5.73 Å². The van der Waals surface area contributed by atoms with Crippen molar-refractivity contribution in [2.45, 2.75) is 51.4 Å². The minimum absolute atomic E-state index is 0.0223. The third-order valence-corrected chi connectivity index (χ3v) is 4.34. The highest BCUT2D eigenvalue weighted by Crippen LogP contribution is 2.41. The molecule has 94 valence electrons. The zero-order valence-corrected chi connectivity index (χ0v) is 10.9. The summed E-state index contributed by atoms with van der Waals surface area (Å²) in [5, 5.41) is 0. The van der Waals surface area contributed by atoms with Gasteiger partial charge in [-0.25, -0.2) is 4.39 Å². The summed E-state index contributed by atoms with van der Waals surface area (Å²) < 4.78 is 13.8. The average Bonchev–Trinajstić information content (AvgIpc) is 2.35. The van der Waals surface area contributed by atoms with Gasteiger partial charge in [0.25, 0.3) is 0 Å². The number of halogens is 1. The molecule has 1 nitrogen and oxygen atoms in total. The molecule has 0 radical (unpaired) electrons. The molecule has 0 saturated heterocycles. The normalized spacial score (nSPS) is 19.3. The van der Waals surface area contributed by atoms with Gasteiger partial charge in [0.05, 0.1) is 0 Å². The molecule has 1 aliphatic carbocycles. The molecule has 2 rings (SSSR count). The van der Waals surface area contributed by atoms with Gasteiger partial charge < -0.3 is 5.73 Å². The SMILES string of the molecule is Cc1ccc(F)c(C)c1C1(CN)CCCCC1. The summed E-state index contributed by atoms with van der Waals surface area (Å²) in [6.45, 7) is 4.61. The predicted molar refractivity (Wildman–Crippen MR) is 69.7 cm³/mol. The smallest absolute Gasteiger partial charge is 0.126 e. The molecule has 2 N–H and O–H groups in total. The van der Waals surface area contributed by atoms with Gasteiger partial charge in [-0.3, -0.25) is 0 Å². The van der Waals surface area contributed by atoms with Crippen molar-refractivity contribution in [2.75, 3.05) is 6.54 Å². The molecule has 1 aromatic carbocycles. The molecule has 17 heavy (non-hydrogen) atoms. The third-order valence-electron chi connectivity index (χ3n) is 4.34. The van der Waals surface area contributed by atoms with Crippen molar-refractivity contribution in [2.24, 2.45) is 5.73 Å². The van der Waals surface area contributed by atoms with Gasteiger partial charge in [0.2, 0.25) is 0 Å².